The first kappa shape index (κ1) is 12.9. The minimum Gasteiger partial charge on any atom is -0.314 e. The van der Waals surface area contributed by atoms with Gasteiger partial charge in [0, 0.05) is 25.2 Å². The van der Waals surface area contributed by atoms with Crippen molar-refractivity contribution in [3.63, 3.8) is 0 Å². The predicted molar refractivity (Wildman–Crippen MR) is 63.4 cm³/mol. The molecule has 0 unspecified atom stereocenters. The molecule has 0 aliphatic heterocycles. The zero-order chi connectivity index (χ0) is 12.0. The van der Waals surface area contributed by atoms with Gasteiger partial charge in [0.05, 0.1) is 0 Å². The van der Waals surface area contributed by atoms with E-state index in [0.29, 0.717) is 24.2 Å². The molecule has 1 aromatic rings. The number of hydrogen-bond donors (Lipinski definition) is 2. The van der Waals surface area contributed by atoms with Crippen molar-refractivity contribution < 1.29 is 4.79 Å². The van der Waals surface area contributed by atoms with E-state index in [-0.39, 0.29) is 11.9 Å². The minimum absolute atomic E-state index is 0.129. The summed E-state index contributed by atoms with van der Waals surface area (Å²) in [7, 11) is 0. The first-order chi connectivity index (χ1) is 7.58. The topological polar surface area (TPSA) is 66.9 Å². The van der Waals surface area contributed by atoms with Crippen molar-refractivity contribution in [2.45, 2.75) is 26.3 Å². The van der Waals surface area contributed by atoms with Crippen molar-refractivity contribution in [1.29, 1.82) is 0 Å². The van der Waals surface area contributed by atoms with Crippen molar-refractivity contribution >= 4 is 23.5 Å². The molecular formula is C10H15ClN4O. The number of amides is 1. The number of rotatable bonds is 5. The highest BCUT2D eigenvalue weighted by atomic mass is 35.5. The van der Waals surface area contributed by atoms with E-state index in [1.54, 1.807) is 6.07 Å². The van der Waals surface area contributed by atoms with Gasteiger partial charge >= 0.3 is 0 Å². The molecule has 5 nitrogen and oxygen atoms in total. The first-order valence-corrected chi connectivity index (χ1v) is 5.47. The van der Waals surface area contributed by atoms with Crippen molar-refractivity contribution in [1.82, 2.24) is 15.3 Å². The molecule has 0 atom stereocenters. The fourth-order valence-electron chi connectivity index (χ4n) is 1.06. The van der Waals surface area contributed by atoms with Crippen LogP contribution in [-0.2, 0) is 4.79 Å². The maximum Gasteiger partial charge on any atom is 0.230 e. The van der Waals surface area contributed by atoms with Gasteiger partial charge in [0.2, 0.25) is 11.9 Å². The lowest BCUT2D eigenvalue weighted by molar-refractivity contribution is -0.116. The van der Waals surface area contributed by atoms with Crippen LogP contribution in [0, 0.1) is 0 Å². The molecule has 1 heterocycles. The molecule has 1 rings (SSSR count). The molecule has 6 heteroatoms. The Balaban J connectivity index is 2.34. The Morgan fingerprint density at radius 1 is 1.56 bits per heavy atom. The summed E-state index contributed by atoms with van der Waals surface area (Å²) in [5.41, 5.74) is 0. The van der Waals surface area contributed by atoms with Gasteiger partial charge in [-0.25, -0.2) is 9.97 Å². The average molecular weight is 243 g/mol. The Morgan fingerprint density at radius 3 is 2.94 bits per heavy atom. The summed E-state index contributed by atoms with van der Waals surface area (Å²) in [6, 6.07) is 1.92. The van der Waals surface area contributed by atoms with Gasteiger partial charge in [-0.05, 0) is 6.07 Å². The average Bonchev–Trinajstić information content (AvgIpc) is 2.16. The molecule has 0 aliphatic carbocycles. The highest BCUT2D eigenvalue weighted by Gasteiger charge is 2.04. The van der Waals surface area contributed by atoms with Crippen molar-refractivity contribution in [3.8, 4) is 0 Å². The third kappa shape index (κ3) is 5.04. The number of halogens is 1. The first-order valence-electron chi connectivity index (χ1n) is 5.09. The maximum absolute atomic E-state index is 11.4. The van der Waals surface area contributed by atoms with Gasteiger partial charge in [-0.1, -0.05) is 25.4 Å². The van der Waals surface area contributed by atoms with Crippen molar-refractivity contribution in [3.05, 3.63) is 17.4 Å². The molecule has 0 aromatic carbocycles. The molecule has 16 heavy (non-hydrogen) atoms. The summed E-state index contributed by atoms with van der Waals surface area (Å²) in [6.45, 7) is 4.68. The minimum atomic E-state index is -0.129. The quantitative estimate of drug-likeness (QED) is 0.767. The van der Waals surface area contributed by atoms with Gasteiger partial charge in [-0.15, -0.1) is 0 Å². The van der Waals surface area contributed by atoms with Gasteiger partial charge in [-0.3, -0.25) is 10.1 Å². The van der Waals surface area contributed by atoms with Crippen LogP contribution in [0.4, 0.5) is 5.95 Å². The molecule has 0 radical (unpaired) electrons. The van der Waals surface area contributed by atoms with Crippen LogP contribution >= 0.6 is 11.6 Å². The Labute approximate surface area is 99.6 Å². The summed E-state index contributed by atoms with van der Waals surface area (Å²) >= 11 is 5.66. The molecule has 0 spiro atoms. The fraction of sp³-hybridized carbons (Fsp3) is 0.500. The molecule has 0 fully saturated rings. The molecule has 0 saturated carbocycles. The second-order valence-electron chi connectivity index (χ2n) is 3.61. The van der Waals surface area contributed by atoms with Crippen LogP contribution in [-0.4, -0.2) is 28.5 Å². The SMILES string of the molecule is CC(C)NCCC(=O)Nc1nccc(Cl)n1. The van der Waals surface area contributed by atoms with Crippen molar-refractivity contribution in [2.24, 2.45) is 0 Å². The van der Waals surface area contributed by atoms with Crippen LogP contribution in [0.1, 0.15) is 20.3 Å². The molecular weight excluding hydrogens is 228 g/mol. The Bertz CT molecular complexity index is 356. The van der Waals surface area contributed by atoms with Crippen LogP contribution in [0.25, 0.3) is 0 Å². The number of anilines is 1. The van der Waals surface area contributed by atoms with Crippen LogP contribution in [0.15, 0.2) is 12.3 Å². The number of nitrogens with zero attached hydrogens (tertiary/aromatic N) is 2. The van der Waals surface area contributed by atoms with E-state index >= 15 is 0 Å². The standard InChI is InChI=1S/C10H15ClN4O/c1-7(2)12-6-4-9(16)15-10-13-5-3-8(11)14-10/h3,5,7,12H,4,6H2,1-2H3,(H,13,14,15,16). The third-order valence-electron chi connectivity index (χ3n) is 1.78. The van der Waals surface area contributed by atoms with Crippen molar-refractivity contribution in [2.75, 3.05) is 11.9 Å². The predicted octanol–water partition coefficient (Wildman–Crippen LogP) is 1.46. The van der Waals surface area contributed by atoms with Gasteiger partial charge in [0.1, 0.15) is 5.15 Å². The lowest BCUT2D eigenvalue weighted by Gasteiger charge is -2.07. The van der Waals surface area contributed by atoms with Crippen LogP contribution < -0.4 is 10.6 Å². The van der Waals surface area contributed by atoms with Crippen LogP contribution in [0.3, 0.4) is 0 Å². The lowest BCUT2D eigenvalue weighted by atomic mass is 10.3. The van der Waals surface area contributed by atoms with E-state index in [1.807, 2.05) is 13.8 Å². The molecule has 1 amide bonds. The molecule has 0 bridgehead atoms. The molecule has 88 valence electrons. The lowest BCUT2D eigenvalue weighted by Crippen LogP contribution is -2.27. The molecule has 2 N–H and O–H groups in total. The summed E-state index contributed by atoms with van der Waals surface area (Å²) in [6.07, 6.45) is 1.88. The zero-order valence-corrected chi connectivity index (χ0v) is 10.1. The van der Waals surface area contributed by atoms with Crippen LogP contribution in [0.2, 0.25) is 5.15 Å². The second kappa shape index (κ2) is 6.40. The van der Waals surface area contributed by atoms with E-state index in [9.17, 15) is 4.79 Å². The second-order valence-corrected chi connectivity index (χ2v) is 4.00. The van der Waals surface area contributed by atoms with Gasteiger partial charge in [0.15, 0.2) is 0 Å². The normalized spacial score (nSPS) is 10.5. The maximum atomic E-state index is 11.4. The monoisotopic (exact) mass is 242 g/mol. The van der Waals surface area contributed by atoms with E-state index in [2.05, 4.69) is 20.6 Å². The Morgan fingerprint density at radius 2 is 2.31 bits per heavy atom. The largest absolute Gasteiger partial charge is 0.314 e. The Hall–Kier alpha value is -1.20. The highest BCUT2D eigenvalue weighted by molar-refractivity contribution is 6.29. The molecule has 0 saturated heterocycles. The number of nitrogens with one attached hydrogen (secondary N) is 2. The smallest absolute Gasteiger partial charge is 0.230 e. The van der Waals surface area contributed by atoms with E-state index in [1.165, 1.54) is 6.20 Å². The summed E-state index contributed by atoms with van der Waals surface area (Å²) in [5.74, 6) is 0.109. The summed E-state index contributed by atoms with van der Waals surface area (Å²) < 4.78 is 0. The van der Waals surface area contributed by atoms with Gasteiger partial charge < -0.3 is 5.32 Å². The Kier molecular flexibility index (Phi) is 5.14. The number of carbonyl (C=O) groups is 1. The number of carbonyl (C=O) groups excluding carboxylic acids is 1. The summed E-state index contributed by atoms with van der Waals surface area (Å²) in [4.78, 5) is 19.2. The zero-order valence-electron chi connectivity index (χ0n) is 9.33. The van der Waals surface area contributed by atoms with E-state index in [4.69, 9.17) is 11.6 Å². The van der Waals surface area contributed by atoms with Crippen LogP contribution in [0.5, 0.6) is 0 Å². The van der Waals surface area contributed by atoms with Gasteiger partial charge in [0.25, 0.3) is 0 Å². The number of aromatic nitrogens is 2. The van der Waals surface area contributed by atoms with E-state index < -0.39 is 0 Å². The molecule has 0 aliphatic rings. The van der Waals surface area contributed by atoms with Gasteiger partial charge in [-0.2, -0.15) is 0 Å². The van der Waals surface area contributed by atoms with E-state index in [0.717, 1.165) is 0 Å². The third-order valence-corrected chi connectivity index (χ3v) is 1.99. The fourth-order valence-corrected chi connectivity index (χ4v) is 1.19. The number of hydrogen-bond acceptors (Lipinski definition) is 4. The molecule has 1 aromatic heterocycles. The highest BCUT2D eigenvalue weighted by Crippen LogP contribution is 2.05. The summed E-state index contributed by atoms with van der Waals surface area (Å²) in [5, 5.41) is 6.03.